The van der Waals surface area contributed by atoms with E-state index in [2.05, 4.69) is 0 Å². The van der Waals surface area contributed by atoms with E-state index in [-0.39, 0.29) is 10.7 Å². The molecule has 0 bridgehead atoms. The average Bonchev–Trinajstić information content (AvgIpc) is 2.21. The van der Waals surface area contributed by atoms with Crippen LogP contribution < -0.4 is 0 Å². The first kappa shape index (κ1) is 13.0. The molecule has 0 spiro atoms. The molecule has 5 nitrogen and oxygen atoms in total. The predicted molar refractivity (Wildman–Crippen MR) is 60.0 cm³/mol. The van der Waals surface area contributed by atoms with E-state index in [0.717, 1.165) is 16.4 Å². The molecule has 1 aliphatic heterocycles. The van der Waals surface area contributed by atoms with Gasteiger partial charge >= 0.3 is 7.75 Å². The number of carbonyl (C=O) groups excluding carboxylic acids is 1. The maximum absolute atomic E-state index is 12.1. The summed E-state index contributed by atoms with van der Waals surface area (Å²) >= 11 is 0.980. The fraction of sp³-hybridized carbons (Fsp3) is 0.875. The Morgan fingerprint density at radius 2 is 1.87 bits per heavy atom. The summed E-state index contributed by atoms with van der Waals surface area (Å²) < 4.78 is 23.5. The van der Waals surface area contributed by atoms with E-state index in [4.69, 9.17) is 9.05 Å². The Hall–Kier alpha value is -0.0300. The van der Waals surface area contributed by atoms with Gasteiger partial charge in [-0.15, -0.1) is 0 Å². The van der Waals surface area contributed by atoms with E-state index in [1.165, 1.54) is 7.05 Å². The van der Waals surface area contributed by atoms with Crippen LogP contribution in [0.4, 0.5) is 4.79 Å². The number of nitrogens with zero attached hydrogens (tertiary/aromatic N) is 1. The summed E-state index contributed by atoms with van der Waals surface area (Å²) in [6, 6.07) is 0. The molecule has 1 rings (SSSR count). The van der Waals surface area contributed by atoms with Gasteiger partial charge in [0.05, 0.1) is 13.2 Å². The number of hydrogen-bond acceptors (Lipinski definition) is 5. The molecule has 0 atom stereocenters. The summed E-state index contributed by atoms with van der Waals surface area (Å²) in [5.41, 5.74) is -0.156. The van der Waals surface area contributed by atoms with Gasteiger partial charge < -0.3 is 0 Å². The van der Waals surface area contributed by atoms with Crippen molar-refractivity contribution in [1.82, 2.24) is 4.67 Å². The Bertz CT molecular complexity index is 293. The Morgan fingerprint density at radius 3 is 2.27 bits per heavy atom. The van der Waals surface area contributed by atoms with Crippen molar-refractivity contribution in [2.24, 2.45) is 5.41 Å². The van der Waals surface area contributed by atoms with E-state index >= 15 is 0 Å². The molecular formula is C8H16NO4PS. The van der Waals surface area contributed by atoms with Crippen LogP contribution in [0.25, 0.3) is 0 Å². The highest BCUT2D eigenvalue weighted by Gasteiger charge is 2.41. The zero-order chi connectivity index (χ0) is 11.7. The van der Waals surface area contributed by atoms with Gasteiger partial charge in [0.1, 0.15) is 0 Å². The molecule has 0 radical (unpaired) electrons. The van der Waals surface area contributed by atoms with Crippen molar-refractivity contribution in [3.05, 3.63) is 0 Å². The Balaban J connectivity index is 2.70. The summed E-state index contributed by atoms with van der Waals surface area (Å²) in [4.78, 5) is 11.3. The standard InChI is InChI=1S/C8H16NO4PS/c1-8(2)5-12-14(11,13-6-8)9(3)7(10)15-4/h5-6H2,1-4H3. The first-order valence-electron chi connectivity index (χ1n) is 4.52. The normalized spacial score (nSPS) is 23.5. The van der Waals surface area contributed by atoms with Crippen LogP contribution in [0.2, 0.25) is 0 Å². The molecule has 88 valence electrons. The second-order valence-corrected chi connectivity index (χ2v) is 6.98. The van der Waals surface area contributed by atoms with E-state index < -0.39 is 7.75 Å². The van der Waals surface area contributed by atoms with Gasteiger partial charge in [-0.05, 0) is 6.26 Å². The van der Waals surface area contributed by atoms with Gasteiger partial charge in [0.25, 0.3) is 5.24 Å². The first-order chi connectivity index (χ1) is 6.81. The third-order valence-electron chi connectivity index (χ3n) is 2.04. The lowest BCUT2D eigenvalue weighted by atomic mass is 9.97. The van der Waals surface area contributed by atoms with Gasteiger partial charge in [-0.1, -0.05) is 25.6 Å². The van der Waals surface area contributed by atoms with Gasteiger partial charge in [-0.3, -0.25) is 13.8 Å². The van der Waals surface area contributed by atoms with Crippen LogP contribution in [0, 0.1) is 5.41 Å². The molecule has 0 aromatic carbocycles. The van der Waals surface area contributed by atoms with E-state index in [0.29, 0.717) is 13.2 Å². The second kappa shape index (κ2) is 4.45. The van der Waals surface area contributed by atoms with Crippen molar-refractivity contribution in [2.75, 3.05) is 26.5 Å². The van der Waals surface area contributed by atoms with E-state index in [9.17, 15) is 9.36 Å². The van der Waals surface area contributed by atoms with Gasteiger partial charge in [-0.25, -0.2) is 9.24 Å². The van der Waals surface area contributed by atoms with Crippen LogP contribution in [0.15, 0.2) is 0 Å². The molecule has 1 heterocycles. The van der Waals surface area contributed by atoms with Crippen LogP contribution in [0.5, 0.6) is 0 Å². The van der Waals surface area contributed by atoms with E-state index in [1.54, 1.807) is 6.26 Å². The Kier molecular flexibility index (Phi) is 3.87. The molecule has 1 saturated heterocycles. The zero-order valence-electron chi connectivity index (χ0n) is 9.35. The van der Waals surface area contributed by atoms with E-state index in [1.807, 2.05) is 13.8 Å². The quantitative estimate of drug-likeness (QED) is 0.672. The number of carbonyl (C=O) groups is 1. The lowest BCUT2D eigenvalue weighted by Crippen LogP contribution is -2.34. The van der Waals surface area contributed by atoms with Gasteiger partial charge in [0, 0.05) is 12.5 Å². The average molecular weight is 253 g/mol. The van der Waals surface area contributed by atoms with Gasteiger partial charge in [0.2, 0.25) is 0 Å². The van der Waals surface area contributed by atoms with Crippen LogP contribution >= 0.6 is 19.5 Å². The topological polar surface area (TPSA) is 55.8 Å². The third-order valence-corrected chi connectivity index (χ3v) is 4.63. The third kappa shape index (κ3) is 2.97. The maximum Gasteiger partial charge on any atom is 0.437 e. The summed E-state index contributed by atoms with van der Waals surface area (Å²) in [5.74, 6) is 0. The number of rotatable bonds is 1. The highest BCUT2D eigenvalue weighted by Crippen LogP contribution is 2.56. The SMILES string of the molecule is CSC(=O)N(C)P1(=O)OCC(C)(C)CO1. The van der Waals surface area contributed by atoms with Crippen molar-refractivity contribution in [2.45, 2.75) is 13.8 Å². The molecule has 0 saturated carbocycles. The second-order valence-electron chi connectivity index (χ2n) is 4.17. The summed E-state index contributed by atoms with van der Waals surface area (Å²) in [5, 5.41) is -0.321. The maximum atomic E-state index is 12.1. The molecule has 0 aromatic rings. The van der Waals surface area contributed by atoms with Crippen LogP contribution in [0.1, 0.15) is 13.8 Å². The molecule has 7 heteroatoms. The summed E-state index contributed by atoms with van der Waals surface area (Å²) in [7, 11) is -1.97. The number of amides is 1. The smallest absolute Gasteiger partial charge is 0.291 e. The molecule has 1 aliphatic rings. The van der Waals surface area contributed by atoms with Crippen molar-refractivity contribution in [3.8, 4) is 0 Å². The monoisotopic (exact) mass is 253 g/mol. The predicted octanol–water partition coefficient (Wildman–Crippen LogP) is 2.58. The fourth-order valence-corrected chi connectivity index (χ4v) is 3.45. The van der Waals surface area contributed by atoms with Crippen molar-refractivity contribution in [3.63, 3.8) is 0 Å². The molecule has 0 N–H and O–H groups in total. The number of thioether (sulfide) groups is 1. The Labute approximate surface area is 94.1 Å². The minimum Gasteiger partial charge on any atom is -0.291 e. The molecule has 0 unspecified atom stereocenters. The van der Waals surface area contributed by atoms with Crippen molar-refractivity contribution >= 4 is 24.7 Å². The largest absolute Gasteiger partial charge is 0.437 e. The van der Waals surface area contributed by atoms with Crippen molar-refractivity contribution < 1.29 is 18.4 Å². The molecule has 0 aliphatic carbocycles. The highest BCUT2D eigenvalue weighted by molar-refractivity contribution is 8.13. The van der Waals surface area contributed by atoms with Gasteiger partial charge in [-0.2, -0.15) is 0 Å². The lowest BCUT2D eigenvalue weighted by molar-refractivity contribution is 0.0284. The minimum absolute atomic E-state index is 0.156. The minimum atomic E-state index is -3.39. The molecule has 15 heavy (non-hydrogen) atoms. The van der Waals surface area contributed by atoms with Gasteiger partial charge in [0.15, 0.2) is 0 Å². The molecule has 1 amide bonds. The molecule has 0 aromatic heterocycles. The molecule has 1 fully saturated rings. The summed E-state index contributed by atoms with van der Waals surface area (Å²) in [6.45, 7) is 4.56. The first-order valence-corrected chi connectivity index (χ1v) is 7.24. The van der Waals surface area contributed by atoms with Crippen LogP contribution in [0.3, 0.4) is 0 Å². The summed E-state index contributed by atoms with van der Waals surface area (Å²) in [6.07, 6.45) is 1.62. The fourth-order valence-electron chi connectivity index (χ4n) is 0.997. The van der Waals surface area contributed by atoms with Crippen molar-refractivity contribution in [1.29, 1.82) is 0 Å². The zero-order valence-corrected chi connectivity index (χ0v) is 11.1. The Morgan fingerprint density at radius 1 is 1.40 bits per heavy atom. The lowest BCUT2D eigenvalue weighted by Gasteiger charge is -2.36. The van der Waals surface area contributed by atoms with Crippen LogP contribution in [-0.2, 0) is 13.6 Å². The highest BCUT2D eigenvalue weighted by atomic mass is 32.2. The van der Waals surface area contributed by atoms with Crippen LogP contribution in [-0.4, -0.2) is 36.4 Å². The molecular weight excluding hydrogens is 237 g/mol. The number of hydrogen-bond donors (Lipinski definition) is 0.